The van der Waals surface area contributed by atoms with Gasteiger partial charge < -0.3 is 4.42 Å². The number of oxazole rings is 1. The Kier molecular flexibility index (Phi) is 6.27. The van der Waals surface area contributed by atoms with Crippen molar-refractivity contribution in [3.8, 4) is 45.0 Å². The lowest BCUT2D eigenvalue weighted by Gasteiger charge is -2.57. The van der Waals surface area contributed by atoms with Crippen LogP contribution >= 0.6 is 11.3 Å². The van der Waals surface area contributed by atoms with E-state index in [1.165, 1.54) is 69.8 Å². The maximum atomic E-state index is 6.21. The van der Waals surface area contributed by atoms with Gasteiger partial charge in [0.15, 0.2) is 17.8 Å². The molecular weight excluding hydrogens is 631 g/mol. The minimum Gasteiger partial charge on any atom is -0.443 e. The van der Waals surface area contributed by atoms with Crippen LogP contribution in [0.2, 0.25) is 0 Å². The number of rotatable bonds is 5. The Hall–Kier alpha value is -5.13. The lowest BCUT2D eigenvalue weighted by Crippen LogP contribution is -2.48. The normalized spacial score (nSPS) is 22.6. The van der Waals surface area contributed by atoms with Gasteiger partial charge >= 0.3 is 0 Å². The van der Waals surface area contributed by atoms with E-state index >= 15 is 0 Å². The maximum absolute atomic E-state index is 6.21. The van der Waals surface area contributed by atoms with Crippen LogP contribution in [0.15, 0.2) is 126 Å². The third-order valence-electron chi connectivity index (χ3n) is 12.0. The molecule has 0 aliphatic heterocycles. The maximum Gasteiger partial charge on any atom is 0.182 e. The number of thiophene rings is 1. The zero-order valence-electron chi connectivity index (χ0n) is 27.7. The zero-order chi connectivity index (χ0) is 32.8. The van der Waals surface area contributed by atoms with E-state index in [1.807, 2.05) is 35.6 Å². The van der Waals surface area contributed by atoms with Gasteiger partial charge in [-0.05, 0) is 91.0 Å². The summed E-state index contributed by atoms with van der Waals surface area (Å²) in [5.41, 5.74) is 11.1. The fourth-order valence-corrected chi connectivity index (χ4v) is 11.4. The number of fused-ring (bicyclic) bond motifs is 4. The highest BCUT2D eigenvalue weighted by Gasteiger charge is 2.52. The van der Waals surface area contributed by atoms with Crippen molar-refractivity contribution in [1.82, 2.24) is 15.0 Å². The van der Waals surface area contributed by atoms with Gasteiger partial charge in [0.1, 0.15) is 5.52 Å². The highest BCUT2D eigenvalue weighted by Crippen LogP contribution is 2.61. The first kappa shape index (κ1) is 28.7. The molecule has 5 heteroatoms. The van der Waals surface area contributed by atoms with Crippen molar-refractivity contribution in [1.29, 1.82) is 0 Å². The Morgan fingerprint density at radius 2 is 1.18 bits per heavy atom. The smallest absolute Gasteiger partial charge is 0.182 e. The Morgan fingerprint density at radius 1 is 0.580 bits per heavy atom. The van der Waals surface area contributed by atoms with Gasteiger partial charge in [0.2, 0.25) is 0 Å². The summed E-state index contributed by atoms with van der Waals surface area (Å²) in [5.74, 6) is 3.41. The molecule has 0 amide bonds. The van der Waals surface area contributed by atoms with Gasteiger partial charge in [0.05, 0.1) is 11.4 Å². The highest BCUT2D eigenvalue weighted by molar-refractivity contribution is 7.25. The standard InChI is InChI=1S/C45H35N3OS/c1-3-7-30(8-4-1)38-22-39(48-44(47-38)31-9-5-2-6-10-31)33-12-14-36-35-13-11-32(20-40(35)50-41(36)21-33)34-15-16-37(42-43(34)49-26-46-42)45-23-27-17-28(24-45)19-29(18-27)25-45/h1-16,20-22,26-29H,17-19,23-25H2. The van der Waals surface area contributed by atoms with E-state index in [0.717, 1.165) is 68.3 Å². The average molecular weight is 666 g/mol. The van der Waals surface area contributed by atoms with Crippen molar-refractivity contribution in [3.05, 3.63) is 127 Å². The third kappa shape index (κ3) is 4.53. The predicted molar refractivity (Wildman–Crippen MR) is 204 cm³/mol. The second kappa shape index (κ2) is 10.9. The van der Waals surface area contributed by atoms with Gasteiger partial charge in [-0.15, -0.1) is 11.3 Å². The molecule has 0 radical (unpaired) electrons. The molecular formula is C45H35N3OS. The molecule has 50 heavy (non-hydrogen) atoms. The molecule has 0 spiro atoms. The van der Waals surface area contributed by atoms with E-state index in [4.69, 9.17) is 19.4 Å². The van der Waals surface area contributed by atoms with Crippen LogP contribution in [0, 0.1) is 17.8 Å². The van der Waals surface area contributed by atoms with E-state index in [-0.39, 0.29) is 5.41 Å². The van der Waals surface area contributed by atoms with Crippen LogP contribution in [-0.2, 0) is 5.41 Å². The summed E-state index contributed by atoms with van der Waals surface area (Å²) >= 11 is 1.84. The molecule has 8 aromatic rings. The van der Waals surface area contributed by atoms with Crippen LogP contribution in [0.25, 0.3) is 76.3 Å². The molecule has 4 nitrogen and oxygen atoms in total. The molecule has 242 valence electrons. The number of hydrogen-bond donors (Lipinski definition) is 0. The number of hydrogen-bond acceptors (Lipinski definition) is 5. The second-order valence-electron chi connectivity index (χ2n) is 15.1. The van der Waals surface area contributed by atoms with Gasteiger partial charge in [-0.25, -0.2) is 15.0 Å². The van der Waals surface area contributed by atoms with Crippen molar-refractivity contribution in [2.24, 2.45) is 17.8 Å². The zero-order valence-corrected chi connectivity index (χ0v) is 28.5. The molecule has 0 saturated heterocycles. The Balaban J connectivity index is 0.988. The van der Waals surface area contributed by atoms with Gasteiger partial charge in [0, 0.05) is 42.4 Å². The molecule has 4 aliphatic carbocycles. The lowest BCUT2D eigenvalue weighted by atomic mass is 9.48. The largest absolute Gasteiger partial charge is 0.443 e. The van der Waals surface area contributed by atoms with Crippen molar-refractivity contribution < 1.29 is 4.42 Å². The first-order valence-corrected chi connectivity index (χ1v) is 18.8. The quantitative estimate of drug-likeness (QED) is 0.184. The van der Waals surface area contributed by atoms with Crippen LogP contribution in [-0.4, -0.2) is 15.0 Å². The minimum atomic E-state index is 0.281. The third-order valence-corrected chi connectivity index (χ3v) is 13.1. The highest BCUT2D eigenvalue weighted by atomic mass is 32.1. The number of benzene rings is 5. The molecule has 3 heterocycles. The summed E-state index contributed by atoms with van der Waals surface area (Å²) in [5, 5.41) is 2.54. The van der Waals surface area contributed by atoms with Crippen LogP contribution in [0.5, 0.6) is 0 Å². The first-order chi connectivity index (χ1) is 24.7. The summed E-state index contributed by atoms with van der Waals surface area (Å²) in [6.07, 6.45) is 9.97. The van der Waals surface area contributed by atoms with Crippen LogP contribution < -0.4 is 0 Å². The van der Waals surface area contributed by atoms with E-state index in [2.05, 4.69) is 91.0 Å². The van der Waals surface area contributed by atoms with Crippen LogP contribution in [0.3, 0.4) is 0 Å². The molecule has 12 rings (SSSR count). The minimum absolute atomic E-state index is 0.281. The Labute approximate surface area is 294 Å². The Bertz CT molecular complexity index is 2490. The summed E-state index contributed by atoms with van der Waals surface area (Å²) in [7, 11) is 0. The van der Waals surface area contributed by atoms with Gasteiger partial charge in [-0.2, -0.15) is 0 Å². The van der Waals surface area contributed by atoms with Gasteiger partial charge in [0.25, 0.3) is 0 Å². The average Bonchev–Trinajstić information content (AvgIpc) is 3.79. The molecule has 3 aromatic heterocycles. The van der Waals surface area contributed by atoms with Crippen molar-refractivity contribution in [3.63, 3.8) is 0 Å². The van der Waals surface area contributed by atoms with Crippen molar-refractivity contribution in [2.75, 3.05) is 0 Å². The molecule has 5 aromatic carbocycles. The predicted octanol–water partition coefficient (Wildman–Crippen LogP) is 12.1. The second-order valence-corrected chi connectivity index (χ2v) is 16.2. The van der Waals surface area contributed by atoms with Crippen molar-refractivity contribution >= 4 is 42.6 Å². The topological polar surface area (TPSA) is 51.8 Å². The fourth-order valence-electron chi connectivity index (χ4n) is 10.2. The monoisotopic (exact) mass is 665 g/mol. The lowest BCUT2D eigenvalue weighted by molar-refractivity contribution is -0.00457. The van der Waals surface area contributed by atoms with E-state index < -0.39 is 0 Å². The van der Waals surface area contributed by atoms with Crippen molar-refractivity contribution in [2.45, 2.75) is 43.9 Å². The van der Waals surface area contributed by atoms with Crippen LogP contribution in [0.4, 0.5) is 0 Å². The molecule has 0 unspecified atom stereocenters. The molecule has 0 atom stereocenters. The summed E-state index contributed by atoms with van der Waals surface area (Å²) in [6.45, 7) is 0. The SMILES string of the molecule is c1ccc(-c2cc(-c3ccc4c(c3)sc3cc(-c5ccc(C67CC8CC(CC(C8)C6)C7)c6ncoc56)ccc34)nc(-c3ccccc3)n2)cc1. The summed E-state index contributed by atoms with van der Waals surface area (Å²) in [4.78, 5) is 14.9. The van der Waals surface area contributed by atoms with Crippen LogP contribution in [0.1, 0.15) is 44.1 Å². The van der Waals surface area contributed by atoms with E-state index in [1.54, 1.807) is 6.39 Å². The molecule has 4 fully saturated rings. The van der Waals surface area contributed by atoms with Gasteiger partial charge in [-0.1, -0.05) is 97.1 Å². The first-order valence-electron chi connectivity index (χ1n) is 18.0. The van der Waals surface area contributed by atoms with Gasteiger partial charge in [-0.3, -0.25) is 0 Å². The molecule has 4 saturated carbocycles. The summed E-state index contributed by atoms with van der Waals surface area (Å²) < 4.78 is 8.72. The number of aromatic nitrogens is 3. The fraction of sp³-hybridized carbons (Fsp3) is 0.222. The Morgan fingerprint density at radius 3 is 1.86 bits per heavy atom. The van der Waals surface area contributed by atoms with E-state index in [0.29, 0.717) is 0 Å². The number of nitrogens with zero attached hydrogens (tertiary/aromatic N) is 3. The van der Waals surface area contributed by atoms with E-state index in [9.17, 15) is 0 Å². The molecule has 0 N–H and O–H groups in total. The summed E-state index contributed by atoms with van der Waals surface area (Å²) in [6, 6.07) is 41.1. The molecule has 4 bridgehead atoms. The molecule has 4 aliphatic rings.